The monoisotopic (exact) mass is 425 g/mol. The molecule has 2 saturated heterocycles. The van der Waals surface area contributed by atoms with E-state index in [1.807, 2.05) is 4.90 Å². The fourth-order valence-corrected chi connectivity index (χ4v) is 3.40. The van der Waals surface area contributed by atoms with Crippen molar-refractivity contribution in [3.8, 4) is 0 Å². The van der Waals surface area contributed by atoms with E-state index in [4.69, 9.17) is 21.7 Å². The summed E-state index contributed by atoms with van der Waals surface area (Å²) in [6.07, 6.45) is -1.29. The smallest absolute Gasteiger partial charge is 0.414 e. The highest BCUT2D eigenvalue weighted by Crippen LogP contribution is 2.28. The second-order valence-electron chi connectivity index (χ2n) is 6.66. The van der Waals surface area contributed by atoms with Crippen molar-refractivity contribution in [2.75, 3.05) is 63.2 Å². The number of hydrogen-bond acceptors (Lipinski definition) is 6. The number of hydrogen-bond donors (Lipinski definition) is 2. The molecule has 11 heteroatoms. The maximum atomic E-state index is 14.8. The summed E-state index contributed by atoms with van der Waals surface area (Å²) < 4.78 is 24.8. The molecule has 2 N–H and O–H groups in total. The van der Waals surface area contributed by atoms with Crippen molar-refractivity contribution in [3.05, 3.63) is 24.0 Å². The molecule has 0 radical (unpaired) electrons. The molecule has 2 heterocycles. The number of methoxy groups -OCH3 is 1. The molecule has 1 unspecified atom stereocenters. The zero-order valence-corrected chi connectivity index (χ0v) is 17.1. The number of ether oxygens (including phenoxy) is 2. The van der Waals surface area contributed by atoms with Gasteiger partial charge in [-0.2, -0.15) is 0 Å². The van der Waals surface area contributed by atoms with E-state index >= 15 is 0 Å². The number of halogens is 1. The molecule has 9 nitrogen and oxygen atoms in total. The molecular formula is C18H24FN5O4S. The van der Waals surface area contributed by atoms with Gasteiger partial charge in [-0.15, -0.1) is 0 Å². The topological polar surface area (TPSA) is 86.4 Å². The number of rotatable bonds is 4. The summed E-state index contributed by atoms with van der Waals surface area (Å²) >= 11 is 5.00. The first-order valence-electron chi connectivity index (χ1n) is 9.24. The molecule has 0 aliphatic carbocycles. The Morgan fingerprint density at radius 2 is 2.07 bits per heavy atom. The Bertz CT molecular complexity index is 788. The number of anilines is 2. The molecule has 3 rings (SSSR count). The van der Waals surface area contributed by atoms with Crippen LogP contribution in [0.15, 0.2) is 18.2 Å². The molecule has 0 spiro atoms. The molecule has 29 heavy (non-hydrogen) atoms. The maximum Gasteiger partial charge on any atom is 0.414 e. The summed E-state index contributed by atoms with van der Waals surface area (Å²) in [5.74, 6) is -0.431. The van der Waals surface area contributed by atoms with E-state index in [1.54, 1.807) is 24.1 Å². The third-order valence-corrected chi connectivity index (χ3v) is 5.24. The minimum absolute atomic E-state index is 0.300. The van der Waals surface area contributed by atoms with Crippen LogP contribution in [0.1, 0.15) is 0 Å². The zero-order chi connectivity index (χ0) is 21.0. The highest BCUT2D eigenvalue weighted by Gasteiger charge is 2.33. The Morgan fingerprint density at radius 1 is 1.34 bits per heavy atom. The van der Waals surface area contributed by atoms with Crippen molar-refractivity contribution in [3.63, 3.8) is 0 Å². The Kier molecular flexibility index (Phi) is 6.57. The number of benzene rings is 1. The Hall–Kier alpha value is -2.82. The minimum atomic E-state index is -0.522. The highest BCUT2D eigenvalue weighted by molar-refractivity contribution is 7.80. The number of cyclic esters (lactones) is 1. The van der Waals surface area contributed by atoms with Gasteiger partial charge >= 0.3 is 12.2 Å². The number of thiocarbonyl (C=S) groups is 1. The van der Waals surface area contributed by atoms with E-state index in [0.29, 0.717) is 55.8 Å². The van der Waals surface area contributed by atoms with Crippen LogP contribution in [0.2, 0.25) is 0 Å². The van der Waals surface area contributed by atoms with Gasteiger partial charge in [0, 0.05) is 33.2 Å². The largest absolute Gasteiger partial charge is 0.453 e. The lowest BCUT2D eigenvalue weighted by atomic mass is 10.2. The molecule has 1 aromatic carbocycles. The predicted molar refractivity (Wildman–Crippen MR) is 110 cm³/mol. The standard InChI is InChI=1S/C18H24FN5O4S/c1-20-16(29)21-10-13-11-24(18(26)28-13)12-3-4-15(14(19)9-12)22-5-7-23(8-6-22)17(25)27-2/h3-4,9,13H,5-8,10-11H2,1-2H3,(H2,20,21,29). The third kappa shape index (κ3) is 4.78. The molecular weight excluding hydrogens is 401 g/mol. The third-order valence-electron chi connectivity index (χ3n) is 4.89. The van der Waals surface area contributed by atoms with Gasteiger partial charge in [-0.3, -0.25) is 4.90 Å². The van der Waals surface area contributed by atoms with E-state index in [1.165, 1.54) is 18.1 Å². The van der Waals surface area contributed by atoms with Gasteiger partial charge in [-0.1, -0.05) is 0 Å². The van der Waals surface area contributed by atoms with Crippen LogP contribution in [0.5, 0.6) is 0 Å². The number of amides is 2. The van der Waals surface area contributed by atoms with Crippen LogP contribution < -0.4 is 20.4 Å². The molecule has 0 saturated carbocycles. The summed E-state index contributed by atoms with van der Waals surface area (Å²) in [5, 5.41) is 6.19. The molecule has 1 aromatic rings. The summed E-state index contributed by atoms with van der Waals surface area (Å²) in [5.41, 5.74) is 0.867. The fourth-order valence-electron chi connectivity index (χ4n) is 3.31. The average molecular weight is 425 g/mol. The Labute approximate surface area is 173 Å². The summed E-state index contributed by atoms with van der Waals surface area (Å²) in [4.78, 5) is 28.6. The zero-order valence-electron chi connectivity index (χ0n) is 16.3. The van der Waals surface area contributed by atoms with Gasteiger partial charge in [0.05, 0.1) is 31.6 Å². The van der Waals surface area contributed by atoms with Crippen LogP contribution in [0.25, 0.3) is 0 Å². The van der Waals surface area contributed by atoms with Crippen LogP contribution in [0, 0.1) is 5.82 Å². The molecule has 158 valence electrons. The van der Waals surface area contributed by atoms with E-state index in [-0.39, 0.29) is 12.2 Å². The van der Waals surface area contributed by atoms with Crippen molar-refractivity contribution in [2.45, 2.75) is 6.10 Å². The van der Waals surface area contributed by atoms with Crippen LogP contribution >= 0.6 is 12.2 Å². The van der Waals surface area contributed by atoms with Gasteiger partial charge in [0.25, 0.3) is 0 Å². The molecule has 1 atom stereocenters. The predicted octanol–water partition coefficient (Wildman–Crippen LogP) is 1.13. The second kappa shape index (κ2) is 9.12. The highest BCUT2D eigenvalue weighted by atomic mass is 32.1. The SMILES string of the molecule is CNC(=S)NCC1CN(c2ccc(N3CCN(C(=O)OC)CC3)c(F)c2)C(=O)O1. The summed E-state index contributed by atoms with van der Waals surface area (Å²) in [6.45, 7) is 2.57. The van der Waals surface area contributed by atoms with Crippen molar-refractivity contribution in [1.29, 1.82) is 0 Å². The van der Waals surface area contributed by atoms with Crippen molar-refractivity contribution < 1.29 is 23.5 Å². The number of piperazine rings is 1. The van der Waals surface area contributed by atoms with Crippen molar-refractivity contribution in [1.82, 2.24) is 15.5 Å². The quantitative estimate of drug-likeness (QED) is 0.695. The molecule has 2 aliphatic rings. The Balaban J connectivity index is 1.62. The van der Waals surface area contributed by atoms with Crippen LogP contribution in [0.4, 0.5) is 25.4 Å². The normalized spacial score (nSPS) is 19.1. The van der Waals surface area contributed by atoms with Gasteiger partial charge in [-0.05, 0) is 30.4 Å². The molecule has 2 aliphatic heterocycles. The van der Waals surface area contributed by atoms with Gasteiger partial charge < -0.3 is 29.9 Å². The van der Waals surface area contributed by atoms with Crippen molar-refractivity contribution >= 4 is 40.9 Å². The maximum absolute atomic E-state index is 14.8. The average Bonchev–Trinajstić information content (AvgIpc) is 3.12. The van der Waals surface area contributed by atoms with Crippen LogP contribution in [0.3, 0.4) is 0 Å². The molecule has 0 aromatic heterocycles. The van der Waals surface area contributed by atoms with Gasteiger partial charge in [0.1, 0.15) is 11.9 Å². The summed E-state index contributed by atoms with van der Waals surface area (Å²) in [6, 6.07) is 4.67. The number of carbonyl (C=O) groups is 2. The lowest BCUT2D eigenvalue weighted by Crippen LogP contribution is -2.49. The van der Waals surface area contributed by atoms with E-state index in [9.17, 15) is 14.0 Å². The first-order valence-corrected chi connectivity index (χ1v) is 9.65. The Morgan fingerprint density at radius 3 is 2.69 bits per heavy atom. The molecule has 0 bridgehead atoms. The molecule has 2 fully saturated rings. The minimum Gasteiger partial charge on any atom is -0.453 e. The van der Waals surface area contributed by atoms with Crippen molar-refractivity contribution in [2.24, 2.45) is 0 Å². The second-order valence-corrected chi connectivity index (χ2v) is 7.06. The van der Waals surface area contributed by atoms with E-state index in [0.717, 1.165) is 0 Å². The van der Waals surface area contributed by atoms with E-state index in [2.05, 4.69) is 10.6 Å². The molecule has 2 amide bonds. The first-order chi connectivity index (χ1) is 13.9. The first kappa shape index (κ1) is 20.9. The number of nitrogens with zero attached hydrogens (tertiary/aromatic N) is 3. The van der Waals surface area contributed by atoms with Gasteiger partial charge in [0.15, 0.2) is 5.11 Å². The lowest BCUT2D eigenvalue weighted by Gasteiger charge is -2.35. The van der Waals surface area contributed by atoms with Gasteiger partial charge in [-0.25, -0.2) is 14.0 Å². The van der Waals surface area contributed by atoms with Gasteiger partial charge in [0.2, 0.25) is 0 Å². The number of nitrogens with one attached hydrogen (secondary N) is 2. The van der Waals surface area contributed by atoms with Crippen LogP contribution in [-0.4, -0.2) is 81.7 Å². The van der Waals surface area contributed by atoms with Crippen LogP contribution in [-0.2, 0) is 9.47 Å². The number of carbonyl (C=O) groups excluding carboxylic acids is 2. The van der Waals surface area contributed by atoms with E-state index < -0.39 is 11.9 Å². The lowest BCUT2D eigenvalue weighted by molar-refractivity contribution is 0.121. The fraction of sp³-hybridized carbons (Fsp3) is 0.500. The summed E-state index contributed by atoms with van der Waals surface area (Å²) in [7, 11) is 3.04.